The second-order valence-electron chi connectivity index (χ2n) is 10.3. The number of nitrogens with zero attached hydrogens (tertiary/aromatic N) is 4. The molecule has 1 N–H and O–H groups in total. The van der Waals surface area contributed by atoms with Crippen LogP contribution in [0.15, 0.2) is 24.4 Å². The van der Waals surface area contributed by atoms with Crippen molar-refractivity contribution < 1.29 is 14.0 Å². The quantitative estimate of drug-likeness (QED) is 0.526. The summed E-state index contributed by atoms with van der Waals surface area (Å²) in [5, 5.41) is 4.04. The Bertz CT molecular complexity index is 1090. The third-order valence-corrected chi connectivity index (χ3v) is 8.24. The molecular formula is C26H32Cl2FN5O2. The van der Waals surface area contributed by atoms with Crippen LogP contribution >= 0.6 is 23.2 Å². The first-order chi connectivity index (χ1) is 17.3. The van der Waals surface area contributed by atoms with Gasteiger partial charge in [-0.1, -0.05) is 36.2 Å². The van der Waals surface area contributed by atoms with Crippen molar-refractivity contribution in [1.82, 2.24) is 14.9 Å². The van der Waals surface area contributed by atoms with Crippen LogP contribution < -0.4 is 10.2 Å². The van der Waals surface area contributed by atoms with Crippen molar-refractivity contribution in [2.75, 3.05) is 36.4 Å². The monoisotopic (exact) mass is 535 g/mol. The summed E-state index contributed by atoms with van der Waals surface area (Å²) >= 11 is 12.2. The molecule has 2 aliphatic heterocycles. The maximum Gasteiger partial charge on any atom is 0.373 e. The van der Waals surface area contributed by atoms with Crippen molar-refractivity contribution in [3.8, 4) is 0 Å². The number of likely N-dealkylation sites (tertiary alicyclic amines) is 1. The van der Waals surface area contributed by atoms with Crippen LogP contribution in [0.5, 0.6) is 0 Å². The standard InChI is InChI=1S/C25H32Cl2FN5.CO2/c1-15-8-20(9-15)32-7-3-4-17(12-32)18-13-33(14-18)25-29-11-22(27)24(31-25)30-16(2)21-6-5-19(26)10-23(21)28;2-1-3/h5-6,10-11,15-18,20H,3-4,7-9,12-14H2,1-2H3,(H,29,30,31);/t15?,16?,17-,20?;/m0./s1. The van der Waals surface area contributed by atoms with Gasteiger partial charge < -0.3 is 15.1 Å². The molecule has 0 radical (unpaired) electrons. The lowest BCUT2D eigenvalue weighted by Gasteiger charge is -2.50. The van der Waals surface area contributed by atoms with Crippen LogP contribution in [0.2, 0.25) is 10.0 Å². The highest BCUT2D eigenvalue weighted by molar-refractivity contribution is 6.32. The fourth-order valence-corrected chi connectivity index (χ4v) is 5.94. The molecule has 2 aromatic rings. The zero-order valence-corrected chi connectivity index (χ0v) is 22.1. The van der Waals surface area contributed by atoms with Gasteiger partial charge in [-0.15, -0.1) is 0 Å². The minimum atomic E-state index is -0.351. The summed E-state index contributed by atoms with van der Waals surface area (Å²) in [5.41, 5.74) is 0.516. The number of nitrogens with one attached hydrogen (secondary N) is 1. The van der Waals surface area contributed by atoms with Gasteiger partial charge in [0.25, 0.3) is 0 Å². The van der Waals surface area contributed by atoms with Crippen LogP contribution in [-0.4, -0.2) is 53.2 Å². The summed E-state index contributed by atoms with van der Waals surface area (Å²) in [6.07, 6.45) is 7.27. The van der Waals surface area contributed by atoms with E-state index in [0.717, 1.165) is 31.0 Å². The largest absolute Gasteiger partial charge is 0.373 e. The Labute approximate surface area is 221 Å². The molecular weight excluding hydrogens is 504 g/mol. The van der Waals surface area contributed by atoms with Crippen molar-refractivity contribution in [2.24, 2.45) is 17.8 Å². The fraction of sp³-hybridized carbons (Fsp3) is 0.577. The maximum absolute atomic E-state index is 14.3. The molecule has 36 heavy (non-hydrogen) atoms. The van der Waals surface area contributed by atoms with Gasteiger partial charge in [0.2, 0.25) is 5.95 Å². The Balaban J connectivity index is 0.000000967. The number of hydrogen-bond acceptors (Lipinski definition) is 7. The van der Waals surface area contributed by atoms with Gasteiger partial charge >= 0.3 is 6.15 Å². The number of hydrogen-bond donors (Lipinski definition) is 1. The number of piperidine rings is 1. The van der Waals surface area contributed by atoms with Gasteiger partial charge in [0, 0.05) is 36.3 Å². The van der Waals surface area contributed by atoms with Gasteiger partial charge in [0.15, 0.2) is 5.82 Å². The van der Waals surface area contributed by atoms with E-state index in [1.54, 1.807) is 18.3 Å². The van der Waals surface area contributed by atoms with Crippen molar-refractivity contribution in [3.05, 3.63) is 45.8 Å². The molecule has 3 heterocycles. The predicted octanol–water partition coefficient (Wildman–Crippen LogP) is 5.46. The third kappa shape index (κ3) is 6.17. The lowest BCUT2D eigenvalue weighted by Crippen LogP contribution is -2.56. The molecule has 1 aromatic heterocycles. The highest BCUT2D eigenvalue weighted by Crippen LogP contribution is 2.38. The number of carbonyl (C=O) groups excluding carboxylic acids is 2. The first-order valence-corrected chi connectivity index (χ1v) is 13.3. The zero-order valence-electron chi connectivity index (χ0n) is 20.6. The SMILES string of the molecule is CC1CC(N2CCC[C@H](C3CN(c4ncc(Cl)c(NC(C)c5ccc(Cl)cc5F)n4)C3)C2)C1.O=C=O. The molecule has 3 aliphatic rings. The second kappa shape index (κ2) is 11.9. The number of halogens is 3. The predicted molar refractivity (Wildman–Crippen MR) is 138 cm³/mol. The molecule has 1 unspecified atom stereocenters. The lowest BCUT2D eigenvalue weighted by molar-refractivity contribution is -0.191. The molecule has 1 saturated carbocycles. The van der Waals surface area contributed by atoms with Gasteiger partial charge in [-0.05, 0) is 69.0 Å². The van der Waals surface area contributed by atoms with Crippen LogP contribution in [-0.2, 0) is 9.59 Å². The first kappa shape index (κ1) is 26.8. The Hall–Kier alpha value is -2.25. The Kier molecular flexibility index (Phi) is 8.83. The van der Waals surface area contributed by atoms with Gasteiger partial charge in [0.1, 0.15) is 10.8 Å². The van der Waals surface area contributed by atoms with Gasteiger partial charge in [-0.3, -0.25) is 0 Å². The van der Waals surface area contributed by atoms with E-state index in [0.29, 0.717) is 33.3 Å². The highest BCUT2D eigenvalue weighted by Gasteiger charge is 2.40. The van der Waals surface area contributed by atoms with E-state index in [1.807, 2.05) is 6.92 Å². The van der Waals surface area contributed by atoms with Crippen LogP contribution in [0.1, 0.15) is 51.1 Å². The Morgan fingerprint density at radius 3 is 2.56 bits per heavy atom. The first-order valence-electron chi connectivity index (χ1n) is 12.5. The Morgan fingerprint density at radius 2 is 1.89 bits per heavy atom. The van der Waals surface area contributed by atoms with Crippen molar-refractivity contribution >= 4 is 41.1 Å². The van der Waals surface area contributed by atoms with Crippen LogP contribution in [0.4, 0.5) is 16.2 Å². The van der Waals surface area contributed by atoms with Crippen LogP contribution in [0, 0.1) is 23.6 Å². The zero-order chi connectivity index (χ0) is 25.8. The van der Waals surface area contributed by atoms with Crippen molar-refractivity contribution in [2.45, 2.75) is 51.6 Å². The number of anilines is 2. The second-order valence-corrected chi connectivity index (χ2v) is 11.1. The van der Waals surface area contributed by atoms with Crippen LogP contribution in [0.3, 0.4) is 0 Å². The van der Waals surface area contributed by atoms with E-state index < -0.39 is 0 Å². The van der Waals surface area contributed by atoms with Crippen LogP contribution in [0.25, 0.3) is 0 Å². The molecule has 10 heteroatoms. The minimum Gasteiger partial charge on any atom is -0.362 e. The van der Waals surface area contributed by atoms with Crippen molar-refractivity contribution in [3.63, 3.8) is 0 Å². The normalized spacial score (nSPS) is 25.0. The molecule has 2 atom stereocenters. The van der Waals surface area contributed by atoms with Crippen molar-refractivity contribution in [1.29, 1.82) is 0 Å². The molecule has 1 aromatic carbocycles. The van der Waals surface area contributed by atoms with E-state index in [9.17, 15) is 4.39 Å². The van der Waals surface area contributed by atoms with E-state index in [-0.39, 0.29) is 18.0 Å². The lowest BCUT2D eigenvalue weighted by atomic mass is 9.76. The molecule has 2 saturated heterocycles. The Morgan fingerprint density at radius 1 is 1.17 bits per heavy atom. The van der Waals surface area contributed by atoms with Gasteiger partial charge in [0.05, 0.1) is 12.2 Å². The van der Waals surface area contributed by atoms with E-state index in [4.69, 9.17) is 32.8 Å². The van der Waals surface area contributed by atoms with E-state index >= 15 is 0 Å². The summed E-state index contributed by atoms with van der Waals surface area (Å²) in [7, 11) is 0. The average molecular weight is 536 g/mol. The molecule has 5 rings (SSSR count). The molecule has 0 amide bonds. The molecule has 3 fully saturated rings. The number of rotatable bonds is 6. The number of aromatic nitrogens is 2. The summed E-state index contributed by atoms with van der Waals surface area (Å²) in [4.78, 5) is 30.4. The topological polar surface area (TPSA) is 78.4 Å². The van der Waals surface area contributed by atoms with Gasteiger partial charge in [-0.2, -0.15) is 14.6 Å². The minimum absolute atomic E-state index is 0.250. The highest BCUT2D eigenvalue weighted by atomic mass is 35.5. The van der Waals surface area contributed by atoms with Gasteiger partial charge in [-0.25, -0.2) is 9.37 Å². The third-order valence-electron chi connectivity index (χ3n) is 7.73. The smallest absolute Gasteiger partial charge is 0.362 e. The molecule has 194 valence electrons. The summed E-state index contributed by atoms with van der Waals surface area (Å²) in [6, 6.07) is 5.20. The molecule has 1 aliphatic carbocycles. The average Bonchev–Trinajstić information content (AvgIpc) is 2.79. The number of benzene rings is 1. The van der Waals surface area contributed by atoms with E-state index in [1.165, 1.54) is 44.8 Å². The molecule has 0 spiro atoms. The molecule has 7 nitrogen and oxygen atoms in total. The summed E-state index contributed by atoms with van der Waals surface area (Å²) in [5.74, 6) is 3.22. The summed E-state index contributed by atoms with van der Waals surface area (Å²) in [6.45, 7) is 8.73. The fourth-order valence-electron chi connectivity index (χ4n) is 5.64. The van der Waals surface area contributed by atoms with E-state index in [2.05, 4.69) is 32.0 Å². The maximum atomic E-state index is 14.3. The molecule has 0 bridgehead atoms. The summed E-state index contributed by atoms with van der Waals surface area (Å²) < 4.78 is 14.3.